The summed E-state index contributed by atoms with van der Waals surface area (Å²) in [6.45, 7) is 2.35. The largest absolute Gasteiger partial charge is 0.487 e. The third-order valence-corrected chi connectivity index (χ3v) is 5.21. The molecule has 1 N–H and O–H groups in total. The van der Waals surface area contributed by atoms with Crippen molar-refractivity contribution in [2.45, 2.75) is 13.5 Å². The third kappa shape index (κ3) is 4.73. The fraction of sp³-hybridized carbons (Fsp3) is 0.0870. The van der Waals surface area contributed by atoms with Gasteiger partial charge in [0.15, 0.2) is 5.17 Å². The number of hydrogen-bond donors (Lipinski definition) is 1. The number of amides is 1. The maximum Gasteiger partial charge on any atom is 0.264 e. The van der Waals surface area contributed by atoms with Gasteiger partial charge in [0.25, 0.3) is 5.91 Å². The molecule has 2 heterocycles. The quantitative estimate of drug-likeness (QED) is 0.620. The normalized spacial score (nSPS) is 16.2. The molecule has 1 amide bonds. The van der Waals surface area contributed by atoms with E-state index in [1.54, 1.807) is 6.20 Å². The highest BCUT2D eigenvalue weighted by atomic mass is 32.2. The Morgan fingerprint density at radius 2 is 1.86 bits per heavy atom. The molecule has 0 atom stereocenters. The molecule has 1 saturated heterocycles. The summed E-state index contributed by atoms with van der Waals surface area (Å²) >= 11 is 1.32. The van der Waals surface area contributed by atoms with E-state index in [-0.39, 0.29) is 5.91 Å². The van der Waals surface area contributed by atoms with Crippen LogP contribution in [-0.4, -0.2) is 16.1 Å². The summed E-state index contributed by atoms with van der Waals surface area (Å²) in [5.74, 6) is 0.533. The van der Waals surface area contributed by atoms with Crippen LogP contribution >= 0.6 is 11.8 Å². The van der Waals surface area contributed by atoms with Gasteiger partial charge in [0.05, 0.1) is 16.3 Å². The topological polar surface area (TPSA) is 63.6 Å². The molecule has 1 fully saturated rings. The number of nitrogens with zero attached hydrogens (tertiary/aromatic N) is 2. The van der Waals surface area contributed by atoms with Crippen molar-refractivity contribution in [1.82, 2.24) is 10.3 Å². The van der Waals surface area contributed by atoms with Crippen LogP contribution in [0.1, 0.15) is 16.8 Å². The number of ether oxygens (including phenoxy) is 1. The van der Waals surface area contributed by atoms with Gasteiger partial charge in [0.1, 0.15) is 12.4 Å². The molecule has 3 aromatic rings. The van der Waals surface area contributed by atoms with E-state index in [1.165, 1.54) is 11.8 Å². The predicted molar refractivity (Wildman–Crippen MR) is 117 cm³/mol. The van der Waals surface area contributed by atoms with Gasteiger partial charge in [-0.05, 0) is 54.6 Å². The van der Waals surface area contributed by atoms with Crippen molar-refractivity contribution in [3.63, 3.8) is 0 Å². The summed E-state index contributed by atoms with van der Waals surface area (Å²) in [6.07, 6.45) is 3.56. The van der Waals surface area contributed by atoms with E-state index in [0.717, 1.165) is 22.5 Å². The molecule has 0 radical (unpaired) electrons. The lowest BCUT2D eigenvalue weighted by Crippen LogP contribution is -2.19. The number of nitrogens with one attached hydrogen (secondary N) is 1. The SMILES string of the molecule is Cc1ccccc1N=C1NC(=O)/C(=C\c2ccccc2OCc2ccccn2)S1. The molecule has 0 bridgehead atoms. The number of aromatic nitrogens is 1. The van der Waals surface area contributed by atoms with Crippen molar-refractivity contribution in [3.05, 3.63) is 94.7 Å². The zero-order valence-corrected chi connectivity index (χ0v) is 16.6. The first-order valence-corrected chi connectivity index (χ1v) is 9.97. The molecule has 0 unspecified atom stereocenters. The highest BCUT2D eigenvalue weighted by molar-refractivity contribution is 8.18. The number of hydrogen-bond acceptors (Lipinski definition) is 5. The molecular weight excluding hydrogens is 382 g/mol. The molecule has 1 aromatic heterocycles. The minimum Gasteiger partial charge on any atom is -0.487 e. The summed E-state index contributed by atoms with van der Waals surface area (Å²) in [5.41, 5.74) is 3.57. The van der Waals surface area contributed by atoms with Gasteiger partial charge < -0.3 is 10.1 Å². The second-order valence-corrected chi connectivity index (χ2v) is 7.45. The standard InChI is InChI=1S/C23H19N3O2S/c1-16-8-2-4-11-19(16)25-23-26-22(27)21(29-23)14-17-9-3-5-12-20(17)28-15-18-10-6-7-13-24-18/h2-14H,15H2,1H3,(H,25,26,27)/b21-14+. The van der Waals surface area contributed by atoms with E-state index >= 15 is 0 Å². The lowest BCUT2D eigenvalue weighted by Gasteiger charge is -2.09. The molecular formula is C23H19N3O2S. The van der Waals surface area contributed by atoms with E-state index < -0.39 is 0 Å². The van der Waals surface area contributed by atoms with Gasteiger partial charge >= 0.3 is 0 Å². The Labute approximate surface area is 173 Å². The number of thioether (sulfide) groups is 1. The Morgan fingerprint density at radius 1 is 1.07 bits per heavy atom. The van der Waals surface area contributed by atoms with E-state index in [0.29, 0.717) is 22.4 Å². The number of benzene rings is 2. The van der Waals surface area contributed by atoms with Crippen molar-refractivity contribution < 1.29 is 9.53 Å². The molecule has 0 aliphatic carbocycles. The highest BCUT2D eigenvalue weighted by Gasteiger charge is 2.24. The van der Waals surface area contributed by atoms with Crippen LogP contribution in [0, 0.1) is 6.92 Å². The number of carbonyl (C=O) groups is 1. The first-order valence-electron chi connectivity index (χ1n) is 9.16. The van der Waals surface area contributed by atoms with Crippen LogP contribution in [0.2, 0.25) is 0 Å². The second-order valence-electron chi connectivity index (χ2n) is 6.42. The number of amidine groups is 1. The summed E-state index contributed by atoms with van der Waals surface area (Å²) < 4.78 is 5.93. The molecule has 4 rings (SSSR count). The van der Waals surface area contributed by atoms with Crippen LogP contribution in [-0.2, 0) is 11.4 Å². The van der Waals surface area contributed by atoms with Gasteiger partial charge in [0, 0.05) is 11.8 Å². The average molecular weight is 401 g/mol. The van der Waals surface area contributed by atoms with Gasteiger partial charge in [-0.25, -0.2) is 4.99 Å². The Hall–Kier alpha value is -3.38. The zero-order chi connectivity index (χ0) is 20.1. The molecule has 29 heavy (non-hydrogen) atoms. The third-order valence-electron chi connectivity index (χ3n) is 4.30. The minimum absolute atomic E-state index is 0.165. The monoisotopic (exact) mass is 401 g/mol. The average Bonchev–Trinajstić information content (AvgIpc) is 3.08. The number of carbonyl (C=O) groups excluding carboxylic acids is 1. The summed E-state index contributed by atoms with van der Waals surface area (Å²) in [4.78, 5) is 21.8. The van der Waals surface area contributed by atoms with E-state index in [1.807, 2.05) is 79.7 Å². The van der Waals surface area contributed by atoms with Gasteiger partial charge in [-0.3, -0.25) is 9.78 Å². The number of rotatable bonds is 5. The second kappa shape index (κ2) is 8.75. The van der Waals surface area contributed by atoms with Crippen LogP contribution in [0.4, 0.5) is 5.69 Å². The van der Waals surface area contributed by atoms with E-state index in [9.17, 15) is 4.79 Å². The molecule has 1 aliphatic heterocycles. The predicted octanol–water partition coefficient (Wildman–Crippen LogP) is 4.86. The number of aliphatic imine (C=N–C) groups is 1. The van der Waals surface area contributed by atoms with Crippen LogP contribution in [0.3, 0.4) is 0 Å². The van der Waals surface area contributed by atoms with Crippen LogP contribution in [0.5, 0.6) is 5.75 Å². The van der Waals surface area contributed by atoms with Crippen molar-refractivity contribution in [3.8, 4) is 5.75 Å². The highest BCUT2D eigenvalue weighted by Crippen LogP contribution is 2.31. The van der Waals surface area contributed by atoms with Crippen molar-refractivity contribution in [2.24, 2.45) is 4.99 Å². The first-order chi connectivity index (χ1) is 14.2. The van der Waals surface area contributed by atoms with Gasteiger partial charge in [0.2, 0.25) is 0 Å². The summed E-state index contributed by atoms with van der Waals surface area (Å²) in [6, 6.07) is 21.2. The Morgan fingerprint density at radius 3 is 2.69 bits per heavy atom. The van der Waals surface area contributed by atoms with E-state index in [2.05, 4.69) is 15.3 Å². The van der Waals surface area contributed by atoms with Crippen molar-refractivity contribution >= 4 is 34.6 Å². The Balaban J connectivity index is 1.54. The molecule has 5 nitrogen and oxygen atoms in total. The molecule has 0 spiro atoms. The molecule has 6 heteroatoms. The maximum absolute atomic E-state index is 12.4. The minimum atomic E-state index is -0.165. The van der Waals surface area contributed by atoms with Gasteiger partial charge in [-0.1, -0.05) is 42.5 Å². The van der Waals surface area contributed by atoms with Crippen molar-refractivity contribution in [1.29, 1.82) is 0 Å². The number of aryl methyl sites for hydroxylation is 1. The molecule has 0 saturated carbocycles. The van der Waals surface area contributed by atoms with Crippen molar-refractivity contribution in [2.75, 3.05) is 0 Å². The number of para-hydroxylation sites is 2. The summed E-state index contributed by atoms with van der Waals surface area (Å²) in [7, 11) is 0. The van der Waals surface area contributed by atoms with Crippen LogP contribution in [0.15, 0.2) is 82.8 Å². The molecule has 2 aromatic carbocycles. The van der Waals surface area contributed by atoms with Crippen LogP contribution < -0.4 is 10.1 Å². The lowest BCUT2D eigenvalue weighted by atomic mass is 10.2. The molecule has 144 valence electrons. The van der Waals surface area contributed by atoms with E-state index in [4.69, 9.17) is 4.74 Å². The maximum atomic E-state index is 12.4. The lowest BCUT2D eigenvalue weighted by molar-refractivity contribution is -0.115. The Bertz CT molecular complexity index is 1090. The molecule has 1 aliphatic rings. The summed E-state index contributed by atoms with van der Waals surface area (Å²) in [5, 5.41) is 3.40. The zero-order valence-electron chi connectivity index (χ0n) is 15.8. The van der Waals surface area contributed by atoms with Gasteiger partial charge in [-0.2, -0.15) is 0 Å². The fourth-order valence-corrected chi connectivity index (χ4v) is 3.61. The van der Waals surface area contributed by atoms with Gasteiger partial charge in [-0.15, -0.1) is 0 Å². The fourth-order valence-electron chi connectivity index (χ4n) is 2.79. The first kappa shape index (κ1) is 19.0. The van der Waals surface area contributed by atoms with Crippen LogP contribution in [0.25, 0.3) is 6.08 Å². The smallest absolute Gasteiger partial charge is 0.264 e. The number of pyridine rings is 1. The Kier molecular flexibility index (Phi) is 5.72.